The van der Waals surface area contributed by atoms with E-state index in [1.165, 1.54) is 30.3 Å². The second kappa shape index (κ2) is 5.48. The fourth-order valence-corrected chi connectivity index (χ4v) is 1.67. The Hall–Kier alpha value is -2.43. The van der Waals surface area contributed by atoms with Gasteiger partial charge in [-0.1, -0.05) is 12.1 Å². The molecule has 0 aromatic heterocycles. The minimum Gasteiger partial charge on any atom is -0.387 e. The van der Waals surface area contributed by atoms with E-state index in [1.807, 2.05) is 0 Å². The average molecular weight is 262 g/mol. The van der Waals surface area contributed by atoms with Gasteiger partial charge in [0.15, 0.2) is 0 Å². The molecule has 0 atom stereocenters. The molecule has 0 spiro atoms. The number of benzene rings is 2. The van der Waals surface area contributed by atoms with Gasteiger partial charge in [-0.3, -0.25) is 4.79 Å². The van der Waals surface area contributed by atoms with Crippen LogP contribution in [0.5, 0.6) is 0 Å². The molecule has 0 saturated carbocycles. The number of para-hydroxylation sites is 1. The predicted octanol–water partition coefficient (Wildman–Crippen LogP) is 3.26. The minimum atomic E-state index is -0.575. The van der Waals surface area contributed by atoms with Crippen LogP contribution < -0.4 is 10.6 Å². The Kier molecular flexibility index (Phi) is 3.75. The molecule has 0 saturated heterocycles. The zero-order valence-electron chi connectivity index (χ0n) is 10.2. The van der Waals surface area contributed by atoms with Gasteiger partial charge in [-0.2, -0.15) is 0 Å². The molecule has 0 bridgehead atoms. The SMILES string of the molecule is CNc1ccc(F)cc1C(=O)Nc1ccccc1F. The zero-order chi connectivity index (χ0) is 13.8. The highest BCUT2D eigenvalue weighted by atomic mass is 19.1. The van der Waals surface area contributed by atoms with Crippen molar-refractivity contribution in [1.82, 2.24) is 0 Å². The number of carbonyl (C=O) groups excluding carboxylic acids is 1. The summed E-state index contributed by atoms with van der Waals surface area (Å²) in [6.45, 7) is 0. The van der Waals surface area contributed by atoms with E-state index in [4.69, 9.17) is 0 Å². The fraction of sp³-hybridized carbons (Fsp3) is 0.0714. The van der Waals surface area contributed by atoms with Crippen molar-refractivity contribution < 1.29 is 13.6 Å². The van der Waals surface area contributed by atoms with Gasteiger partial charge in [0.05, 0.1) is 11.3 Å². The molecule has 0 fully saturated rings. The summed E-state index contributed by atoms with van der Waals surface area (Å²) in [5, 5.41) is 5.19. The number of amides is 1. The molecule has 0 heterocycles. The van der Waals surface area contributed by atoms with E-state index in [-0.39, 0.29) is 11.3 Å². The Bertz CT molecular complexity index is 614. The standard InChI is InChI=1S/C14H12F2N2O/c1-17-12-7-6-9(15)8-10(12)14(19)18-13-5-3-2-4-11(13)16/h2-8,17H,1H3,(H,18,19). The van der Waals surface area contributed by atoms with Gasteiger partial charge in [-0.15, -0.1) is 0 Å². The van der Waals surface area contributed by atoms with Crippen LogP contribution in [0.15, 0.2) is 42.5 Å². The molecule has 0 radical (unpaired) electrons. The summed E-state index contributed by atoms with van der Waals surface area (Å²) in [5.74, 6) is -1.65. The number of hydrogen-bond acceptors (Lipinski definition) is 2. The molecule has 5 heteroatoms. The van der Waals surface area contributed by atoms with E-state index in [9.17, 15) is 13.6 Å². The smallest absolute Gasteiger partial charge is 0.257 e. The number of rotatable bonds is 3. The molecule has 3 nitrogen and oxygen atoms in total. The van der Waals surface area contributed by atoms with Crippen molar-refractivity contribution in [1.29, 1.82) is 0 Å². The van der Waals surface area contributed by atoms with Crippen LogP contribution in [-0.4, -0.2) is 13.0 Å². The second-order valence-electron chi connectivity index (χ2n) is 3.87. The lowest BCUT2D eigenvalue weighted by molar-refractivity contribution is 0.102. The summed E-state index contributed by atoms with van der Waals surface area (Å²) in [6.07, 6.45) is 0. The van der Waals surface area contributed by atoms with Crippen molar-refractivity contribution in [2.45, 2.75) is 0 Å². The first-order valence-corrected chi connectivity index (χ1v) is 5.65. The summed E-state index contributed by atoms with van der Waals surface area (Å²) < 4.78 is 26.6. The van der Waals surface area contributed by atoms with Crippen LogP contribution in [0.2, 0.25) is 0 Å². The van der Waals surface area contributed by atoms with Crippen LogP contribution >= 0.6 is 0 Å². The van der Waals surface area contributed by atoms with Crippen LogP contribution in [0.4, 0.5) is 20.2 Å². The molecule has 0 unspecified atom stereocenters. The Morgan fingerprint density at radius 3 is 2.47 bits per heavy atom. The van der Waals surface area contributed by atoms with Gasteiger partial charge in [-0.25, -0.2) is 8.78 Å². The van der Waals surface area contributed by atoms with Crippen molar-refractivity contribution in [2.24, 2.45) is 0 Å². The summed E-state index contributed by atoms with van der Waals surface area (Å²) in [7, 11) is 1.62. The Labute approximate surface area is 109 Å². The second-order valence-corrected chi connectivity index (χ2v) is 3.87. The van der Waals surface area contributed by atoms with E-state index < -0.39 is 17.5 Å². The van der Waals surface area contributed by atoms with Crippen LogP contribution in [0, 0.1) is 11.6 Å². The number of carbonyl (C=O) groups is 1. The van der Waals surface area contributed by atoms with Gasteiger partial charge in [0.1, 0.15) is 11.6 Å². The van der Waals surface area contributed by atoms with Gasteiger partial charge < -0.3 is 10.6 Å². The first-order chi connectivity index (χ1) is 9.11. The summed E-state index contributed by atoms with van der Waals surface area (Å²) in [5.41, 5.74) is 0.639. The minimum absolute atomic E-state index is 0.0545. The highest BCUT2D eigenvalue weighted by Crippen LogP contribution is 2.19. The van der Waals surface area contributed by atoms with E-state index in [0.29, 0.717) is 5.69 Å². The Morgan fingerprint density at radius 1 is 1.05 bits per heavy atom. The van der Waals surface area contributed by atoms with Gasteiger partial charge in [0, 0.05) is 12.7 Å². The number of halogens is 2. The van der Waals surface area contributed by atoms with Gasteiger partial charge in [0.2, 0.25) is 0 Å². The molecule has 0 aliphatic carbocycles. The quantitative estimate of drug-likeness (QED) is 0.891. The zero-order valence-corrected chi connectivity index (χ0v) is 10.2. The fourth-order valence-electron chi connectivity index (χ4n) is 1.67. The lowest BCUT2D eigenvalue weighted by atomic mass is 10.1. The molecule has 19 heavy (non-hydrogen) atoms. The average Bonchev–Trinajstić information content (AvgIpc) is 2.41. The summed E-state index contributed by atoms with van der Waals surface area (Å²) in [4.78, 5) is 12.0. The molecule has 0 aliphatic heterocycles. The molecule has 98 valence electrons. The van der Waals surface area contributed by atoms with Crippen LogP contribution in [0.25, 0.3) is 0 Å². The van der Waals surface area contributed by atoms with E-state index in [2.05, 4.69) is 10.6 Å². The van der Waals surface area contributed by atoms with E-state index in [1.54, 1.807) is 13.1 Å². The third-order valence-corrected chi connectivity index (χ3v) is 2.62. The Balaban J connectivity index is 2.30. The molecular weight excluding hydrogens is 250 g/mol. The van der Waals surface area contributed by atoms with Crippen molar-refractivity contribution in [3.05, 3.63) is 59.7 Å². The maximum atomic E-state index is 13.4. The summed E-state index contributed by atoms with van der Waals surface area (Å²) in [6, 6.07) is 9.58. The van der Waals surface area contributed by atoms with Crippen LogP contribution in [0.1, 0.15) is 10.4 Å². The topological polar surface area (TPSA) is 41.1 Å². The number of hydrogen-bond donors (Lipinski definition) is 2. The Morgan fingerprint density at radius 2 is 1.79 bits per heavy atom. The number of nitrogens with one attached hydrogen (secondary N) is 2. The highest BCUT2D eigenvalue weighted by molar-refractivity contribution is 6.08. The molecule has 2 aromatic carbocycles. The largest absolute Gasteiger partial charge is 0.387 e. The van der Waals surface area contributed by atoms with Crippen LogP contribution in [-0.2, 0) is 0 Å². The van der Waals surface area contributed by atoms with Crippen LogP contribution in [0.3, 0.4) is 0 Å². The maximum Gasteiger partial charge on any atom is 0.257 e. The lowest BCUT2D eigenvalue weighted by Crippen LogP contribution is -2.15. The first-order valence-electron chi connectivity index (χ1n) is 5.65. The van der Waals surface area contributed by atoms with Crippen molar-refractivity contribution in [3.63, 3.8) is 0 Å². The lowest BCUT2D eigenvalue weighted by Gasteiger charge is -2.10. The van der Waals surface area contributed by atoms with Gasteiger partial charge in [0.25, 0.3) is 5.91 Å². The molecule has 1 amide bonds. The monoisotopic (exact) mass is 262 g/mol. The van der Waals surface area contributed by atoms with E-state index >= 15 is 0 Å². The molecule has 2 rings (SSSR count). The molecule has 2 N–H and O–H groups in total. The first kappa shape index (κ1) is 13.0. The van der Waals surface area contributed by atoms with Crippen molar-refractivity contribution >= 4 is 17.3 Å². The van der Waals surface area contributed by atoms with Gasteiger partial charge >= 0.3 is 0 Å². The predicted molar refractivity (Wildman–Crippen MR) is 70.3 cm³/mol. The molecule has 2 aromatic rings. The number of anilines is 2. The molecular formula is C14H12F2N2O. The normalized spacial score (nSPS) is 10.1. The third-order valence-electron chi connectivity index (χ3n) is 2.62. The third kappa shape index (κ3) is 2.88. The summed E-state index contributed by atoms with van der Waals surface area (Å²) >= 11 is 0. The molecule has 0 aliphatic rings. The van der Waals surface area contributed by atoms with Crippen molar-refractivity contribution in [2.75, 3.05) is 17.7 Å². The van der Waals surface area contributed by atoms with Crippen molar-refractivity contribution in [3.8, 4) is 0 Å². The highest BCUT2D eigenvalue weighted by Gasteiger charge is 2.13. The van der Waals surface area contributed by atoms with E-state index in [0.717, 1.165) is 6.07 Å². The van der Waals surface area contributed by atoms with Gasteiger partial charge in [-0.05, 0) is 30.3 Å². The maximum absolute atomic E-state index is 13.4.